The van der Waals surface area contributed by atoms with Crippen molar-refractivity contribution in [3.8, 4) is 11.8 Å². The zero-order valence-electron chi connectivity index (χ0n) is 12.1. The molecule has 0 saturated carbocycles. The van der Waals surface area contributed by atoms with Crippen molar-refractivity contribution in [3.05, 3.63) is 21.9 Å². The third-order valence-corrected chi connectivity index (χ3v) is 3.95. The highest BCUT2D eigenvalue weighted by molar-refractivity contribution is 7.14. The van der Waals surface area contributed by atoms with Gasteiger partial charge in [-0.2, -0.15) is 0 Å². The average molecular weight is 294 g/mol. The first kappa shape index (κ1) is 16.7. The molecule has 0 aromatic carbocycles. The second kappa shape index (κ2) is 9.54. The Hall–Kier alpha value is -1.35. The first-order valence-corrected chi connectivity index (χ1v) is 7.73. The monoisotopic (exact) mass is 294 g/mol. The van der Waals surface area contributed by atoms with Gasteiger partial charge in [0.1, 0.15) is 6.61 Å². The van der Waals surface area contributed by atoms with Crippen molar-refractivity contribution in [2.75, 3.05) is 32.8 Å². The van der Waals surface area contributed by atoms with Gasteiger partial charge in [-0.1, -0.05) is 25.7 Å². The Morgan fingerprint density at radius 3 is 2.80 bits per heavy atom. The molecular weight excluding hydrogens is 272 g/mol. The number of nitrogens with zero attached hydrogens (tertiary/aromatic N) is 1. The van der Waals surface area contributed by atoms with E-state index in [9.17, 15) is 4.79 Å². The summed E-state index contributed by atoms with van der Waals surface area (Å²) >= 11 is 1.35. The Kier molecular flexibility index (Phi) is 7.97. The van der Waals surface area contributed by atoms with Gasteiger partial charge in [0.2, 0.25) is 0 Å². The Balaban J connectivity index is 2.34. The second-order valence-corrected chi connectivity index (χ2v) is 5.34. The minimum Gasteiger partial charge on any atom is -0.384 e. The van der Waals surface area contributed by atoms with E-state index in [1.54, 1.807) is 12.1 Å². The van der Waals surface area contributed by atoms with Crippen molar-refractivity contribution in [2.24, 2.45) is 0 Å². The molecule has 4 nitrogen and oxygen atoms in total. The predicted octanol–water partition coefficient (Wildman–Crippen LogP) is 1.55. The van der Waals surface area contributed by atoms with E-state index in [2.05, 4.69) is 35.9 Å². The lowest BCUT2D eigenvalue weighted by Gasteiger charge is -2.17. The van der Waals surface area contributed by atoms with Crippen molar-refractivity contribution >= 4 is 17.2 Å². The molecule has 0 aliphatic rings. The minimum atomic E-state index is -0.162. The van der Waals surface area contributed by atoms with Crippen LogP contribution in [0.4, 0.5) is 0 Å². The molecule has 5 heteroatoms. The van der Waals surface area contributed by atoms with Gasteiger partial charge in [-0.15, -0.1) is 11.3 Å². The maximum Gasteiger partial charge on any atom is 0.261 e. The van der Waals surface area contributed by atoms with E-state index < -0.39 is 0 Å². The molecule has 0 aliphatic carbocycles. The highest BCUT2D eigenvalue weighted by Crippen LogP contribution is 2.15. The molecule has 2 N–H and O–H groups in total. The molecule has 1 aromatic rings. The smallest absolute Gasteiger partial charge is 0.261 e. The SMILES string of the molecule is CCN(CC)CCCNC(=O)c1ccc(C#CCO)s1. The Bertz CT molecular complexity index is 470. The van der Waals surface area contributed by atoms with Crippen LogP contribution in [0.2, 0.25) is 0 Å². The van der Waals surface area contributed by atoms with Crippen LogP contribution in [0, 0.1) is 11.8 Å². The Morgan fingerprint density at radius 1 is 1.40 bits per heavy atom. The van der Waals surface area contributed by atoms with Crippen molar-refractivity contribution in [2.45, 2.75) is 20.3 Å². The van der Waals surface area contributed by atoms with E-state index in [1.165, 1.54) is 11.3 Å². The van der Waals surface area contributed by atoms with Crippen molar-refractivity contribution in [1.82, 2.24) is 10.2 Å². The zero-order chi connectivity index (χ0) is 14.8. The summed E-state index contributed by atoms with van der Waals surface area (Å²) in [6.45, 7) is 7.90. The van der Waals surface area contributed by atoms with Crippen LogP contribution in [0.1, 0.15) is 34.8 Å². The number of hydrogen-bond donors (Lipinski definition) is 2. The maximum atomic E-state index is 11.9. The molecule has 0 spiro atoms. The van der Waals surface area contributed by atoms with Gasteiger partial charge in [0.05, 0.1) is 9.75 Å². The van der Waals surface area contributed by atoms with Crippen LogP contribution < -0.4 is 5.32 Å². The van der Waals surface area contributed by atoms with Gasteiger partial charge in [-0.05, 0) is 38.2 Å². The van der Waals surface area contributed by atoms with Crippen LogP contribution >= 0.6 is 11.3 Å². The fourth-order valence-electron chi connectivity index (χ4n) is 1.79. The van der Waals surface area contributed by atoms with Gasteiger partial charge in [0.25, 0.3) is 5.91 Å². The van der Waals surface area contributed by atoms with Gasteiger partial charge in [-0.3, -0.25) is 4.79 Å². The lowest BCUT2D eigenvalue weighted by molar-refractivity contribution is 0.0956. The van der Waals surface area contributed by atoms with E-state index in [0.717, 1.165) is 30.9 Å². The first-order chi connectivity index (χ1) is 9.71. The molecule has 0 fully saturated rings. The zero-order valence-corrected chi connectivity index (χ0v) is 12.9. The molecule has 1 heterocycles. The summed E-state index contributed by atoms with van der Waals surface area (Å²) in [5.41, 5.74) is 0. The van der Waals surface area contributed by atoms with Crippen LogP contribution in [-0.4, -0.2) is 48.7 Å². The highest BCUT2D eigenvalue weighted by Gasteiger charge is 2.08. The predicted molar refractivity (Wildman–Crippen MR) is 83.0 cm³/mol. The number of amides is 1. The third kappa shape index (κ3) is 5.74. The molecule has 0 bridgehead atoms. The molecule has 1 rings (SSSR count). The molecule has 20 heavy (non-hydrogen) atoms. The van der Waals surface area contributed by atoms with Crippen molar-refractivity contribution < 1.29 is 9.90 Å². The summed E-state index contributed by atoms with van der Waals surface area (Å²) in [5.74, 6) is 5.32. The molecule has 110 valence electrons. The summed E-state index contributed by atoms with van der Waals surface area (Å²) < 4.78 is 0. The van der Waals surface area contributed by atoms with Gasteiger partial charge >= 0.3 is 0 Å². The van der Waals surface area contributed by atoms with Crippen LogP contribution in [0.5, 0.6) is 0 Å². The van der Waals surface area contributed by atoms with E-state index in [4.69, 9.17) is 5.11 Å². The largest absolute Gasteiger partial charge is 0.384 e. The third-order valence-electron chi connectivity index (χ3n) is 2.95. The van der Waals surface area contributed by atoms with Crippen LogP contribution in [0.15, 0.2) is 12.1 Å². The number of carbonyl (C=O) groups is 1. The number of carbonyl (C=O) groups excluding carboxylic acids is 1. The van der Waals surface area contributed by atoms with E-state index in [-0.39, 0.29) is 12.5 Å². The standard InChI is InChI=1S/C15H22N2O2S/c1-3-17(4-2)11-6-10-16-15(19)14-9-8-13(20-14)7-5-12-18/h8-9,18H,3-4,6,10-12H2,1-2H3,(H,16,19). The highest BCUT2D eigenvalue weighted by atomic mass is 32.1. The lowest BCUT2D eigenvalue weighted by Crippen LogP contribution is -2.29. The number of thiophene rings is 1. The average Bonchev–Trinajstić information content (AvgIpc) is 2.94. The topological polar surface area (TPSA) is 52.6 Å². The second-order valence-electron chi connectivity index (χ2n) is 4.26. The molecule has 0 saturated heterocycles. The summed E-state index contributed by atoms with van der Waals surface area (Å²) in [6, 6.07) is 3.57. The van der Waals surface area contributed by atoms with Gasteiger partial charge in [0.15, 0.2) is 0 Å². The Morgan fingerprint density at radius 2 is 2.15 bits per heavy atom. The number of aliphatic hydroxyl groups is 1. The Labute approximate surface area is 124 Å². The fraction of sp³-hybridized carbons (Fsp3) is 0.533. The maximum absolute atomic E-state index is 11.9. The molecule has 0 radical (unpaired) electrons. The number of hydrogen-bond acceptors (Lipinski definition) is 4. The summed E-state index contributed by atoms with van der Waals surface area (Å²) in [4.78, 5) is 15.7. The minimum absolute atomic E-state index is 0.0494. The van der Waals surface area contributed by atoms with E-state index in [1.807, 2.05) is 0 Å². The quantitative estimate of drug-likeness (QED) is 0.593. The van der Waals surface area contributed by atoms with Crippen molar-refractivity contribution in [1.29, 1.82) is 0 Å². The van der Waals surface area contributed by atoms with Crippen molar-refractivity contribution in [3.63, 3.8) is 0 Å². The summed E-state index contributed by atoms with van der Waals surface area (Å²) in [5, 5.41) is 11.5. The molecule has 1 aromatic heterocycles. The van der Waals surface area contributed by atoms with Gasteiger partial charge in [-0.25, -0.2) is 0 Å². The summed E-state index contributed by atoms with van der Waals surface area (Å²) in [7, 11) is 0. The van der Waals surface area contributed by atoms with Gasteiger partial charge in [0, 0.05) is 6.54 Å². The summed E-state index contributed by atoms with van der Waals surface area (Å²) in [6.07, 6.45) is 0.954. The normalized spacial score (nSPS) is 10.2. The molecular formula is C15H22N2O2S. The molecule has 0 unspecified atom stereocenters. The van der Waals surface area contributed by atoms with E-state index in [0.29, 0.717) is 11.4 Å². The van der Waals surface area contributed by atoms with E-state index >= 15 is 0 Å². The molecule has 0 aliphatic heterocycles. The first-order valence-electron chi connectivity index (χ1n) is 6.91. The number of nitrogens with one attached hydrogen (secondary N) is 1. The van der Waals surface area contributed by atoms with Gasteiger partial charge < -0.3 is 15.3 Å². The van der Waals surface area contributed by atoms with Crippen LogP contribution in [0.3, 0.4) is 0 Å². The number of aliphatic hydroxyl groups excluding tert-OH is 1. The lowest BCUT2D eigenvalue weighted by atomic mass is 10.3. The van der Waals surface area contributed by atoms with Crippen LogP contribution in [0.25, 0.3) is 0 Å². The fourth-order valence-corrected chi connectivity index (χ4v) is 2.58. The van der Waals surface area contributed by atoms with Crippen LogP contribution in [-0.2, 0) is 0 Å². The molecule has 1 amide bonds. The number of rotatable bonds is 7. The molecule has 0 atom stereocenters.